The number of H-pyrrole nitrogens is 1. The lowest BCUT2D eigenvalue weighted by Crippen LogP contribution is -2.47. The lowest BCUT2D eigenvalue weighted by molar-refractivity contribution is -0.186. The quantitative estimate of drug-likeness (QED) is 0.792. The minimum atomic E-state index is -4.87. The second-order valence-electron chi connectivity index (χ2n) is 4.61. The Hall–Kier alpha value is -2.20. The minimum absolute atomic E-state index is 0.0847. The molecule has 116 valence electrons. The van der Waals surface area contributed by atoms with Gasteiger partial charge in [-0.05, 0) is 12.8 Å². The van der Waals surface area contributed by atoms with E-state index in [1.165, 1.54) is 0 Å². The van der Waals surface area contributed by atoms with Crippen molar-refractivity contribution in [2.24, 2.45) is 5.92 Å². The predicted molar refractivity (Wildman–Crippen MR) is 61.4 cm³/mol. The molecule has 0 atom stereocenters. The number of rotatable bonds is 3. The molecule has 2 amide bonds. The molecule has 0 bridgehead atoms. The molecule has 1 aromatic heterocycles. The average Bonchev–Trinajstić information content (AvgIpc) is 2.96. The van der Waals surface area contributed by atoms with Gasteiger partial charge in [0.1, 0.15) is 0 Å². The molecule has 1 aliphatic heterocycles. The Labute approximate surface area is 117 Å². The molecule has 11 heteroatoms. The van der Waals surface area contributed by atoms with Gasteiger partial charge in [-0.2, -0.15) is 18.4 Å². The summed E-state index contributed by atoms with van der Waals surface area (Å²) < 4.78 is 36.8. The fraction of sp³-hybridized carbons (Fsp3) is 0.700. The van der Waals surface area contributed by atoms with Gasteiger partial charge < -0.3 is 10.2 Å². The van der Waals surface area contributed by atoms with E-state index in [1.54, 1.807) is 0 Å². The number of aromatic nitrogens is 4. The summed E-state index contributed by atoms with van der Waals surface area (Å²) in [4.78, 5) is 23.6. The maximum absolute atomic E-state index is 12.3. The smallest absolute Gasteiger partial charge is 0.348 e. The van der Waals surface area contributed by atoms with Crippen LogP contribution in [0.25, 0.3) is 0 Å². The van der Waals surface area contributed by atoms with Crippen LogP contribution < -0.4 is 5.32 Å². The molecule has 0 radical (unpaired) electrons. The third kappa shape index (κ3) is 3.89. The van der Waals surface area contributed by atoms with Gasteiger partial charge in [-0.3, -0.25) is 9.59 Å². The van der Waals surface area contributed by atoms with E-state index in [2.05, 4.69) is 25.9 Å². The van der Waals surface area contributed by atoms with E-state index in [-0.39, 0.29) is 38.4 Å². The summed E-state index contributed by atoms with van der Waals surface area (Å²) in [5.74, 6) is -2.26. The highest BCUT2D eigenvalue weighted by molar-refractivity contribution is 5.83. The Morgan fingerprint density at radius 2 is 2.00 bits per heavy atom. The van der Waals surface area contributed by atoms with Crippen LogP contribution in [0.2, 0.25) is 0 Å². The average molecular weight is 306 g/mol. The van der Waals surface area contributed by atoms with Crippen molar-refractivity contribution in [3.63, 3.8) is 0 Å². The molecule has 1 fully saturated rings. The molecule has 0 aliphatic carbocycles. The summed E-state index contributed by atoms with van der Waals surface area (Å²) >= 11 is 0. The number of alkyl halides is 3. The fourth-order valence-corrected chi connectivity index (χ4v) is 2.09. The van der Waals surface area contributed by atoms with Crippen molar-refractivity contribution in [1.82, 2.24) is 30.8 Å². The van der Waals surface area contributed by atoms with Crippen LogP contribution in [0.3, 0.4) is 0 Å². The van der Waals surface area contributed by atoms with Crippen LogP contribution in [0.4, 0.5) is 13.2 Å². The number of hydrogen-bond acceptors (Lipinski definition) is 5. The SMILES string of the molecule is O=C(NCc1nn[nH]n1)C1CCN(C(=O)C(F)(F)F)CC1. The van der Waals surface area contributed by atoms with Crippen LogP contribution in [0.5, 0.6) is 0 Å². The van der Waals surface area contributed by atoms with Crippen LogP contribution in [0.1, 0.15) is 18.7 Å². The highest BCUT2D eigenvalue weighted by atomic mass is 19.4. The number of amides is 2. The normalized spacial score (nSPS) is 16.8. The first kappa shape index (κ1) is 15.2. The summed E-state index contributed by atoms with van der Waals surface area (Å²) in [7, 11) is 0. The molecule has 1 aromatic rings. The molecule has 2 N–H and O–H groups in total. The van der Waals surface area contributed by atoms with E-state index in [0.29, 0.717) is 5.82 Å². The number of hydrogen-bond donors (Lipinski definition) is 2. The van der Waals surface area contributed by atoms with Crippen molar-refractivity contribution in [1.29, 1.82) is 0 Å². The molecule has 0 spiro atoms. The molecule has 0 saturated carbocycles. The Kier molecular flexibility index (Phi) is 4.38. The summed E-state index contributed by atoms with van der Waals surface area (Å²) in [6, 6.07) is 0. The maximum atomic E-state index is 12.3. The van der Waals surface area contributed by atoms with Crippen molar-refractivity contribution in [3.05, 3.63) is 5.82 Å². The Morgan fingerprint density at radius 3 is 2.52 bits per heavy atom. The van der Waals surface area contributed by atoms with E-state index in [1.807, 2.05) is 0 Å². The molecular formula is C10H13F3N6O2. The standard InChI is InChI=1S/C10H13F3N6O2/c11-10(12,13)9(21)19-3-1-6(2-4-19)8(20)14-5-7-15-17-18-16-7/h6H,1-5H2,(H,14,20)(H,15,16,17,18). The Morgan fingerprint density at radius 1 is 1.33 bits per heavy atom. The number of halogens is 3. The largest absolute Gasteiger partial charge is 0.471 e. The van der Waals surface area contributed by atoms with Crippen LogP contribution in [0.15, 0.2) is 0 Å². The Balaban J connectivity index is 1.78. The van der Waals surface area contributed by atoms with E-state index in [9.17, 15) is 22.8 Å². The van der Waals surface area contributed by atoms with Crippen molar-refractivity contribution in [2.75, 3.05) is 13.1 Å². The molecular weight excluding hydrogens is 293 g/mol. The molecule has 21 heavy (non-hydrogen) atoms. The first-order valence-electron chi connectivity index (χ1n) is 6.24. The molecule has 2 rings (SSSR count). The van der Waals surface area contributed by atoms with E-state index in [4.69, 9.17) is 0 Å². The van der Waals surface area contributed by atoms with Gasteiger partial charge in [0.2, 0.25) is 5.91 Å². The highest BCUT2D eigenvalue weighted by Gasteiger charge is 2.43. The van der Waals surface area contributed by atoms with E-state index >= 15 is 0 Å². The van der Waals surface area contributed by atoms with Gasteiger partial charge in [0, 0.05) is 19.0 Å². The number of tetrazole rings is 1. The Bertz CT molecular complexity index is 495. The first-order chi connectivity index (χ1) is 9.88. The van der Waals surface area contributed by atoms with Gasteiger partial charge in [-0.1, -0.05) is 5.21 Å². The summed E-state index contributed by atoms with van der Waals surface area (Å²) in [5, 5.41) is 15.5. The third-order valence-electron chi connectivity index (χ3n) is 3.21. The predicted octanol–water partition coefficient (Wildman–Crippen LogP) is -0.383. The van der Waals surface area contributed by atoms with Gasteiger partial charge >= 0.3 is 12.1 Å². The zero-order valence-electron chi connectivity index (χ0n) is 10.9. The van der Waals surface area contributed by atoms with Crippen LogP contribution in [-0.4, -0.2) is 56.6 Å². The van der Waals surface area contributed by atoms with Crippen molar-refractivity contribution >= 4 is 11.8 Å². The third-order valence-corrected chi connectivity index (χ3v) is 3.21. The summed E-state index contributed by atoms with van der Waals surface area (Å²) in [5.41, 5.74) is 0. The van der Waals surface area contributed by atoms with Gasteiger partial charge in [0.15, 0.2) is 5.82 Å². The molecule has 1 aliphatic rings. The van der Waals surface area contributed by atoms with E-state index < -0.39 is 18.0 Å². The van der Waals surface area contributed by atoms with Crippen LogP contribution in [-0.2, 0) is 16.1 Å². The minimum Gasteiger partial charge on any atom is -0.348 e. The maximum Gasteiger partial charge on any atom is 0.471 e. The molecule has 0 unspecified atom stereocenters. The second-order valence-corrected chi connectivity index (χ2v) is 4.61. The van der Waals surface area contributed by atoms with Gasteiger partial charge in [-0.15, -0.1) is 10.2 Å². The first-order valence-corrected chi connectivity index (χ1v) is 6.24. The fourth-order valence-electron chi connectivity index (χ4n) is 2.09. The zero-order chi connectivity index (χ0) is 15.5. The van der Waals surface area contributed by atoms with E-state index in [0.717, 1.165) is 4.90 Å². The molecule has 2 heterocycles. The number of likely N-dealkylation sites (tertiary alicyclic amines) is 1. The molecule has 8 nitrogen and oxygen atoms in total. The zero-order valence-corrected chi connectivity index (χ0v) is 10.9. The highest BCUT2D eigenvalue weighted by Crippen LogP contribution is 2.23. The number of carbonyl (C=O) groups is 2. The molecule has 1 saturated heterocycles. The summed E-state index contributed by atoms with van der Waals surface area (Å²) in [6.45, 7) is -0.0751. The lowest BCUT2D eigenvalue weighted by atomic mass is 9.96. The second kappa shape index (κ2) is 6.06. The lowest BCUT2D eigenvalue weighted by Gasteiger charge is -2.31. The van der Waals surface area contributed by atoms with Crippen molar-refractivity contribution in [3.8, 4) is 0 Å². The summed E-state index contributed by atoms with van der Waals surface area (Å²) in [6.07, 6.45) is -4.48. The van der Waals surface area contributed by atoms with Crippen LogP contribution in [0, 0.1) is 5.92 Å². The number of piperidine rings is 1. The van der Waals surface area contributed by atoms with Gasteiger partial charge in [0.25, 0.3) is 0 Å². The number of carbonyl (C=O) groups excluding carboxylic acids is 2. The number of aromatic amines is 1. The topological polar surface area (TPSA) is 104 Å². The van der Waals surface area contributed by atoms with Gasteiger partial charge in [0.05, 0.1) is 6.54 Å². The van der Waals surface area contributed by atoms with Crippen molar-refractivity contribution in [2.45, 2.75) is 25.6 Å². The van der Waals surface area contributed by atoms with Crippen LogP contribution >= 0.6 is 0 Å². The van der Waals surface area contributed by atoms with Crippen molar-refractivity contribution < 1.29 is 22.8 Å². The van der Waals surface area contributed by atoms with Gasteiger partial charge in [-0.25, -0.2) is 0 Å². The number of nitrogens with one attached hydrogen (secondary N) is 2. The monoisotopic (exact) mass is 306 g/mol. The number of nitrogens with zero attached hydrogens (tertiary/aromatic N) is 4. The molecule has 0 aromatic carbocycles.